The van der Waals surface area contributed by atoms with E-state index < -0.39 is 0 Å². The average molecular weight is 196 g/mol. The predicted molar refractivity (Wildman–Crippen MR) is 62.0 cm³/mol. The summed E-state index contributed by atoms with van der Waals surface area (Å²) in [6.45, 7) is 14.6. The second-order valence-electron chi connectivity index (χ2n) is 6.14. The minimum Gasteiger partial charge on any atom is -0.357 e. The van der Waals surface area contributed by atoms with Gasteiger partial charge in [-0.25, -0.2) is 0 Å². The summed E-state index contributed by atoms with van der Waals surface area (Å²) in [5.74, 6) is 0. The van der Waals surface area contributed by atoms with Crippen molar-refractivity contribution in [1.82, 2.24) is 10.2 Å². The Morgan fingerprint density at radius 2 is 1.71 bits per heavy atom. The van der Waals surface area contributed by atoms with Crippen LogP contribution in [0.25, 0.3) is 0 Å². The molecule has 0 aromatic rings. The first-order chi connectivity index (χ1) is 6.23. The Hall–Kier alpha value is -0.500. The molecule has 0 saturated carbocycles. The van der Waals surface area contributed by atoms with Crippen LogP contribution in [0.15, 0.2) is 12.3 Å². The van der Waals surface area contributed by atoms with E-state index in [2.05, 4.69) is 64.0 Å². The number of hydrogen-bond acceptors (Lipinski definition) is 2. The summed E-state index contributed by atoms with van der Waals surface area (Å²) < 4.78 is 0. The van der Waals surface area contributed by atoms with Crippen molar-refractivity contribution >= 4 is 0 Å². The van der Waals surface area contributed by atoms with Gasteiger partial charge in [0.2, 0.25) is 0 Å². The number of nitrogens with one attached hydrogen (secondary N) is 1. The van der Waals surface area contributed by atoms with Crippen molar-refractivity contribution < 1.29 is 0 Å². The lowest BCUT2D eigenvalue weighted by atomic mass is 9.88. The van der Waals surface area contributed by atoms with Crippen LogP contribution in [0.4, 0.5) is 0 Å². The molecule has 2 heteroatoms. The van der Waals surface area contributed by atoms with Crippen LogP contribution in [0, 0.1) is 5.41 Å². The van der Waals surface area contributed by atoms with Gasteiger partial charge in [0.25, 0.3) is 0 Å². The smallest absolute Gasteiger partial charge is 0.0846 e. The lowest BCUT2D eigenvalue weighted by Gasteiger charge is -2.49. The van der Waals surface area contributed by atoms with Gasteiger partial charge in [-0.3, -0.25) is 5.32 Å². The van der Waals surface area contributed by atoms with E-state index in [9.17, 15) is 0 Å². The quantitative estimate of drug-likeness (QED) is 0.640. The van der Waals surface area contributed by atoms with Crippen molar-refractivity contribution in [3.8, 4) is 0 Å². The second-order valence-corrected chi connectivity index (χ2v) is 6.14. The van der Waals surface area contributed by atoms with Crippen molar-refractivity contribution in [2.45, 2.75) is 53.2 Å². The third-order valence-electron chi connectivity index (χ3n) is 2.57. The van der Waals surface area contributed by atoms with E-state index in [-0.39, 0.29) is 11.0 Å². The normalized spacial score (nSPS) is 24.1. The molecule has 0 aliphatic carbocycles. The van der Waals surface area contributed by atoms with Gasteiger partial charge in [0, 0.05) is 12.1 Å². The Morgan fingerprint density at radius 3 is 2.07 bits per heavy atom. The molecule has 0 aromatic carbocycles. The fraction of sp³-hybridized carbons (Fsp3) is 0.833. The Balaban J connectivity index is 2.90. The van der Waals surface area contributed by atoms with Crippen molar-refractivity contribution in [3.63, 3.8) is 0 Å². The van der Waals surface area contributed by atoms with E-state index in [0.29, 0.717) is 6.17 Å². The maximum atomic E-state index is 3.55. The maximum absolute atomic E-state index is 3.55. The van der Waals surface area contributed by atoms with Crippen LogP contribution in [0.3, 0.4) is 0 Å². The molecular formula is C12H24N2. The van der Waals surface area contributed by atoms with Crippen LogP contribution in [0.2, 0.25) is 0 Å². The molecule has 1 atom stereocenters. The molecule has 1 aliphatic rings. The Labute approximate surface area is 88.4 Å². The number of hydrogen-bond donors (Lipinski definition) is 1. The summed E-state index contributed by atoms with van der Waals surface area (Å²) in [7, 11) is 0. The third kappa shape index (κ3) is 2.50. The van der Waals surface area contributed by atoms with Crippen LogP contribution in [0.1, 0.15) is 41.5 Å². The maximum Gasteiger partial charge on any atom is 0.0846 e. The summed E-state index contributed by atoms with van der Waals surface area (Å²) in [6, 6.07) is 0. The van der Waals surface area contributed by atoms with Gasteiger partial charge in [-0.05, 0) is 32.4 Å². The van der Waals surface area contributed by atoms with Gasteiger partial charge in [-0.15, -0.1) is 0 Å². The van der Waals surface area contributed by atoms with Crippen LogP contribution in [-0.4, -0.2) is 23.1 Å². The van der Waals surface area contributed by atoms with Crippen LogP contribution < -0.4 is 5.32 Å². The zero-order chi connectivity index (χ0) is 11.0. The van der Waals surface area contributed by atoms with Crippen LogP contribution in [-0.2, 0) is 0 Å². The Bertz CT molecular complexity index is 217. The summed E-state index contributed by atoms with van der Waals surface area (Å²) in [5.41, 5.74) is 0.444. The lowest BCUT2D eigenvalue weighted by Crippen LogP contribution is -2.59. The summed E-state index contributed by atoms with van der Waals surface area (Å²) in [6.07, 6.45) is 4.84. The largest absolute Gasteiger partial charge is 0.357 e. The molecule has 1 N–H and O–H groups in total. The molecule has 0 spiro atoms. The molecule has 0 saturated heterocycles. The van der Waals surface area contributed by atoms with Crippen molar-refractivity contribution in [2.75, 3.05) is 6.54 Å². The highest BCUT2D eigenvalue weighted by Crippen LogP contribution is 2.29. The standard InChI is InChI=1S/C12H24N2/c1-11(2,3)10-13-8-7-9-14(10)12(4,5)6/h7,9-10,13H,8H2,1-6H3. The van der Waals surface area contributed by atoms with Gasteiger partial charge in [0.1, 0.15) is 0 Å². The van der Waals surface area contributed by atoms with E-state index >= 15 is 0 Å². The highest BCUT2D eigenvalue weighted by molar-refractivity contribution is 5.01. The van der Waals surface area contributed by atoms with Gasteiger partial charge in [0.15, 0.2) is 0 Å². The molecule has 1 unspecified atom stereocenters. The first-order valence-electron chi connectivity index (χ1n) is 5.41. The van der Waals surface area contributed by atoms with Crippen molar-refractivity contribution in [3.05, 3.63) is 12.3 Å². The predicted octanol–water partition coefficient (Wildman–Crippen LogP) is 2.58. The molecule has 14 heavy (non-hydrogen) atoms. The molecular weight excluding hydrogens is 172 g/mol. The molecule has 82 valence electrons. The zero-order valence-corrected chi connectivity index (χ0v) is 10.4. The molecule has 0 amide bonds. The summed E-state index contributed by atoms with van der Waals surface area (Å²) in [4.78, 5) is 2.41. The summed E-state index contributed by atoms with van der Waals surface area (Å²) >= 11 is 0. The van der Waals surface area contributed by atoms with Gasteiger partial charge >= 0.3 is 0 Å². The number of nitrogens with zero attached hydrogens (tertiary/aromatic N) is 1. The average Bonchev–Trinajstić information content (AvgIpc) is 2.01. The monoisotopic (exact) mass is 196 g/mol. The van der Waals surface area contributed by atoms with E-state index in [1.165, 1.54) is 0 Å². The third-order valence-corrected chi connectivity index (χ3v) is 2.57. The minimum atomic E-state index is 0.182. The molecule has 0 fully saturated rings. The molecule has 0 aromatic heterocycles. The molecule has 1 rings (SSSR count). The zero-order valence-electron chi connectivity index (χ0n) is 10.4. The van der Waals surface area contributed by atoms with Gasteiger partial charge in [-0.1, -0.05) is 26.8 Å². The minimum absolute atomic E-state index is 0.182. The Morgan fingerprint density at radius 1 is 1.14 bits per heavy atom. The first-order valence-corrected chi connectivity index (χ1v) is 5.41. The topological polar surface area (TPSA) is 15.3 Å². The second kappa shape index (κ2) is 3.58. The highest BCUT2D eigenvalue weighted by Gasteiger charge is 2.35. The molecule has 1 aliphatic heterocycles. The molecule has 0 radical (unpaired) electrons. The molecule has 2 nitrogen and oxygen atoms in total. The van der Waals surface area contributed by atoms with E-state index in [1.54, 1.807) is 0 Å². The van der Waals surface area contributed by atoms with Crippen LogP contribution in [0.5, 0.6) is 0 Å². The van der Waals surface area contributed by atoms with Crippen LogP contribution >= 0.6 is 0 Å². The van der Waals surface area contributed by atoms with Crippen molar-refractivity contribution in [1.29, 1.82) is 0 Å². The van der Waals surface area contributed by atoms with E-state index in [4.69, 9.17) is 0 Å². The van der Waals surface area contributed by atoms with E-state index in [0.717, 1.165) is 6.54 Å². The molecule has 1 heterocycles. The van der Waals surface area contributed by atoms with E-state index in [1.807, 2.05) is 0 Å². The number of rotatable bonds is 0. The Kier molecular flexibility index (Phi) is 2.96. The lowest BCUT2D eigenvalue weighted by molar-refractivity contribution is 0.0412. The SMILES string of the molecule is CC(C)(C)C1NCC=CN1C(C)(C)C. The van der Waals surface area contributed by atoms with Gasteiger partial charge in [-0.2, -0.15) is 0 Å². The molecule has 0 bridgehead atoms. The fourth-order valence-electron chi connectivity index (χ4n) is 1.86. The van der Waals surface area contributed by atoms with Crippen molar-refractivity contribution in [2.24, 2.45) is 5.41 Å². The first kappa shape index (κ1) is 11.6. The highest BCUT2D eigenvalue weighted by atomic mass is 15.3. The van der Waals surface area contributed by atoms with Gasteiger partial charge in [0.05, 0.1) is 6.17 Å². The van der Waals surface area contributed by atoms with Gasteiger partial charge < -0.3 is 4.90 Å². The summed E-state index contributed by atoms with van der Waals surface area (Å²) in [5, 5.41) is 3.55. The fourth-order valence-corrected chi connectivity index (χ4v) is 1.86.